The maximum atomic E-state index is 11.3. The molecule has 1 rings (SSSR count). The van der Waals surface area contributed by atoms with Gasteiger partial charge in [-0.05, 0) is 29.9 Å². The Hall–Kier alpha value is -1.29. The quantitative estimate of drug-likeness (QED) is 0.496. The Labute approximate surface area is 107 Å². The van der Waals surface area contributed by atoms with Crippen LogP contribution in [0, 0.1) is 5.92 Å². The lowest BCUT2D eigenvalue weighted by atomic mass is 10.1. The zero-order valence-corrected chi connectivity index (χ0v) is 11.3. The summed E-state index contributed by atoms with van der Waals surface area (Å²) in [7, 11) is 0. The minimum atomic E-state index is -0.0445. The summed E-state index contributed by atoms with van der Waals surface area (Å²) in [6.45, 7) is 4.01. The fourth-order valence-electron chi connectivity index (χ4n) is 1.29. The Balaban J connectivity index is 2.45. The molecule has 4 heteroatoms. The second-order valence-corrected chi connectivity index (χ2v) is 5.04. The van der Waals surface area contributed by atoms with Crippen molar-refractivity contribution in [2.24, 2.45) is 11.0 Å². The van der Waals surface area contributed by atoms with Gasteiger partial charge in [-0.2, -0.15) is 5.10 Å². The molecule has 1 amide bonds. The normalized spacial score (nSPS) is 11.1. The summed E-state index contributed by atoms with van der Waals surface area (Å²) in [4.78, 5) is 12.5. The molecule has 0 saturated heterocycles. The second kappa shape index (κ2) is 7.12. The molecule has 1 N–H and O–H groups in total. The predicted molar refractivity (Wildman–Crippen MR) is 73.4 cm³/mol. The summed E-state index contributed by atoms with van der Waals surface area (Å²) in [5.74, 6) is 0.308. The fourth-order valence-corrected chi connectivity index (χ4v) is 1.69. The van der Waals surface area contributed by atoms with Gasteiger partial charge in [-0.15, -0.1) is 11.8 Å². The Morgan fingerprint density at radius 2 is 2.06 bits per heavy atom. The van der Waals surface area contributed by atoms with Crippen LogP contribution in [0.4, 0.5) is 0 Å². The number of amides is 1. The molecule has 0 aliphatic rings. The predicted octanol–water partition coefficient (Wildman–Crippen LogP) is 2.90. The van der Waals surface area contributed by atoms with Crippen LogP contribution in [-0.2, 0) is 4.79 Å². The number of thioether (sulfide) groups is 1. The first kappa shape index (κ1) is 13.8. The molecule has 0 spiro atoms. The van der Waals surface area contributed by atoms with Crippen molar-refractivity contribution >= 4 is 23.9 Å². The number of nitrogens with one attached hydrogen (secondary N) is 1. The number of carbonyl (C=O) groups is 1. The smallest absolute Gasteiger partial charge is 0.240 e. The number of hydrogen-bond donors (Lipinski definition) is 1. The molecule has 0 radical (unpaired) electrons. The van der Waals surface area contributed by atoms with Crippen LogP contribution in [-0.4, -0.2) is 18.4 Å². The van der Waals surface area contributed by atoms with Gasteiger partial charge in [-0.25, -0.2) is 5.43 Å². The Morgan fingerprint density at radius 1 is 1.41 bits per heavy atom. The second-order valence-electron chi connectivity index (χ2n) is 4.16. The van der Waals surface area contributed by atoms with Crippen LogP contribution >= 0.6 is 11.8 Å². The highest BCUT2D eigenvalue weighted by molar-refractivity contribution is 7.98. The van der Waals surface area contributed by atoms with E-state index >= 15 is 0 Å². The fraction of sp³-hybridized carbons (Fsp3) is 0.385. The SMILES string of the molecule is CSc1ccc(/C=N\NC(=O)CC(C)C)cc1. The summed E-state index contributed by atoms with van der Waals surface area (Å²) in [5.41, 5.74) is 3.50. The van der Waals surface area contributed by atoms with E-state index in [0.717, 1.165) is 5.56 Å². The molecule has 92 valence electrons. The van der Waals surface area contributed by atoms with E-state index in [1.54, 1.807) is 18.0 Å². The average Bonchev–Trinajstić information content (AvgIpc) is 2.29. The van der Waals surface area contributed by atoms with Crippen LogP contribution in [0.15, 0.2) is 34.3 Å². The topological polar surface area (TPSA) is 41.5 Å². The number of benzene rings is 1. The molecule has 3 nitrogen and oxygen atoms in total. The Bertz CT molecular complexity index is 385. The lowest BCUT2D eigenvalue weighted by Gasteiger charge is -2.02. The highest BCUT2D eigenvalue weighted by Crippen LogP contribution is 2.13. The van der Waals surface area contributed by atoms with Gasteiger partial charge in [0.2, 0.25) is 5.91 Å². The minimum absolute atomic E-state index is 0.0445. The highest BCUT2D eigenvalue weighted by Gasteiger charge is 2.02. The maximum Gasteiger partial charge on any atom is 0.240 e. The van der Waals surface area contributed by atoms with Gasteiger partial charge in [0, 0.05) is 11.3 Å². The monoisotopic (exact) mass is 250 g/mol. The Kier molecular flexibility index (Phi) is 5.77. The standard InChI is InChI=1S/C13H18N2OS/c1-10(2)8-13(16)15-14-9-11-4-6-12(17-3)7-5-11/h4-7,9-10H,8H2,1-3H3,(H,15,16)/b14-9-. The zero-order chi connectivity index (χ0) is 12.7. The number of hydrogen-bond acceptors (Lipinski definition) is 3. The maximum absolute atomic E-state index is 11.3. The molecule has 0 heterocycles. The molecule has 0 bridgehead atoms. The number of carbonyl (C=O) groups excluding carboxylic acids is 1. The average molecular weight is 250 g/mol. The van der Waals surface area contributed by atoms with Crippen molar-refractivity contribution < 1.29 is 4.79 Å². The molecule has 1 aromatic carbocycles. The largest absolute Gasteiger partial charge is 0.273 e. The van der Waals surface area contributed by atoms with E-state index in [2.05, 4.69) is 10.5 Å². The van der Waals surface area contributed by atoms with Gasteiger partial charge >= 0.3 is 0 Å². The first-order valence-corrected chi connectivity index (χ1v) is 6.80. The third-order valence-corrected chi connectivity index (χ3v) is 2.86. The summed E-state index contributed by atoms with van der Waals surface area (Å²) in [6.07, 6.45) is 4.19. The van der Waals surface area contributed by atoms with Gasteiger partial charge < -0.3 is 0 Å². The third kappa shape index (κ3) is 5.54. The molecule has 0 unspecified atom stereocenters. The van der Waals surface area contributed by atoms with Crippen molar-refractivity contribution in [1.82, 2.24) is 5.43 Å². The lowest BCUT2D eigenvalue weighted by molar-refractivity contribution is -0.121. The van der Waals surface area contributed by atoms with Crippen LogP contribution in [0.3, 0.4) is 0 Å². The molecule has 0 aliphatic carbocycles. The van der Waals surface area contributed by atoms with Crippen molar-refractivity contribution in [1.29, 1.82) is 0 Å². The first-order valence-electron chi connectivity index (χ1n) is 5.57. The van der Waals surface area contributed by atoms with Crippen molar-refractivity contribution in [2.45, 2.75) is 25.2 Å². The molecule has 0 atom stereocenters. The minimum Gasteiger partial charge on any atom is -0.273 e. The van der Waals surface area contributed by atoms with Crippen LogP contribution in [0.1, 0.15) is 25.8 Å². The number of hydrazone groups is 1. The first-order chi connectivity index (χ1) is 8.11. The molecular formula is C13H18N2OS. The van der Waals surface area contributed by atoms with Gasteiger partial charge in [0.15, 0.2) is 0 Å². The number of rotatable bonds is 5. The third-order valence-electron chi connectivity index (χ3n) is 2.11. The molecular weight excluding hydrogens is 232 g/mol. The van der Waals surface area contributed by atoms with E-state index < -0.39 is 0 Å². The molecule has 17 heavy (non-hydrogen) atoms. The van der Waals surface area contributed by atoms with Crippen molar-refractivity contribution in [3.8, 4) is 0 Å². The van der Waals surface area contributed by atoms with Crippen molar-refractivity contribution in [3.05, 3.63) is 29.8 Å². The van der Waals surface area contributed by atoms with Gasteiger partial charge in [0.05, 0.1) is 6.21 Å². The summed E-state index contributed by atoms with van der Waals surface area (Å²) in [6, 6.07) is 8.01. The lowest BCUT2D eigenvalue weighted by Crippen LogP contribution is -2.19. The highest BCUT2D eigenvalue weighted by atomic mass is 32.2. The van der Waals surface area contributed by atoms with Crippen molar-refractivity contribution in [3.63, 3.8) is 0 Å². The number of nitrogens with zero attached hydrogens (tertiary/aromatic N) is 1. The summed E-state index contributed by atoms with van der Waals surface area (Å²) < 4.78 is 0. The molecule has 0 fully saturated rings. The molecule has 0 aromatic heterocycles. The van der Waals surface area contributed by atoms with Crippen LogP contribution < -0.4 is 5.43 Å². The van der Waals surface area contributed by atoms with E-state index in [4.69, 9.17) is 0 Å². The van der Waals surface area contributed by atoms with Crippen LogP contribution in [0.5, 0.6) is 0 Å². The summed E-state index contributed by atoms with van der Waals surface area (Å²) in [5, 5.41) is 3.92. The molecule has 0 saturated carbocycles. The van der Waals surface area contributed by atoms with E-state index in [-0.39, 0.29) is 5.91 Å². The van der Waals surface area contributed by atoms with Gasteiger partial charge in [-0.1, -0.05) is 26.0 Å². The zero-order valence-electron chi connectivity index (χ0n) is 10.4. The van der Waals surface area contributed by atoms with Gasteiger partial charge in [0.25, 0.3) is 0 Å². The van der Waals surface area contributed by atoms with Crippen molar-refractivity contribution in [2.75, 3.05) is 6.26 Å². The van der Waals surface area contributed by atoms with Crippen LogP contribution in [0.2, 0.25) is 0 Å². The van der Waals surface area contributed by atoms with Gasteiger partial charge in [-0.3, -0.25) is 4.79 Å². The van der Waals surface area contributed by atoms with E-state index in [0.29, 0.717) is 12.3 Å². The van der Waals surface area contributed by atoms with E-state index in [1.807, 2.05) is 44.4 Å². The van der Waals surface area contributed by atoms with E-state index in [1.165, 1.54) is 4.90 Å². The Morgan fingerprint density at radius 3 is 2.59 bits per heavy atom. The molecule has 0 aliphatic heterocycles. The molecule has 1 aromatic rings. The summed E-state index contributed by atoms with van der Waals surface area (Å²) >= 11 is 1.70. The van der Waals surface area contributed by atoms with Crippen LogP contribution in [0.25, 0.3) is 0 Å². The van der Waals surface area contributed by atoms with Gasteiger partial charge in [0.1, 0.15) is 0 Å². The van der Waals surface area contributed by atoms with E-state index in [9.17, 15) is 4.79 Å².